The molecule has 8 nitrogen and oxygen atoms in total. The highest BCUT2D eigenvalue weighted by Crippen LogP contribution is 2.16. The molecular formula is C20H24N6O2S. The molecular weight excluding hydrogens is 388 g/mol. The van der Waals surface area contributed by atoms with Crippen LogP contribution in [0.15, 0.2) is 54.6 Å². The van der Waals surface area contributed by atoms with Crippen molar-refractivity contribution in [1.82, 2.24) is 29.4 Å². The van der Waals surface area contributed by atoms with Gasteiger partial charge in [0.05, 0.1) is 18.0 Å². The molecule has 2 heterocycles. The second kappa shape index (κ2) is 8.40. The number of benzene rings is 2. The SMILES string of the molecule is Cc1ccc(-n2nnnc2CN2CCN(S(=O)(=O)Cc3ccccc3)CC2)cc1. The first-order chi connectivity index (χ1) is 14.0. The number of piperazine rings is 1. The predicted molar refractivity (Wildman–Crippen MR) is 110 cm³/mol. The van der Waals surface area contributed by atoms with Gasteiger partial charge in [0.25, 0.3) is 0 Å². The highest BCUT2D eigenvalue weighted by molar-refractivity contribution is 7.88. The zero-order valence-corrected chi connectivity index (χ0v) is 17.2. The summed E-state index contributed by atoms with van der Waals surface area (Å²) in [6, 6.07) is 17.3. The molecule has 2 aromatic carbocycles. The van der Waals surface area contributed by atoms with E-state index in [-0.39, 0.29) is 5.75 Å². The Morgan fingerprint density at radius 1 is 0.931 bits per heavy atom. The van der Waals surface area contributed by atoms with Crippen molar-refractivity contribution in [3.05, 3.63) is 71.5 Å². The van der Waals surface area contributed by atoms with Crippen LogP contribution < -0.4 is 0 Å². The molecule has 1 saturated heterocycles. The fourth-order valence-corrected chi connectivity index (χ4v) is 4.95. The summed E-state index contributed by atoms with van der Waals surface area (Å²) in [5.41, 5.74) is 2.91. The minimum absolute atomic E-state index is 0.0412. The van der Waals surface area contributed by atoms with E-state index in [0.717, 1.165) is 17.1 Å². The van der Waals surface area contributed by atoms with E-state index < -0.39 is 10.0 Å². The predicted octanol–water partition coefficient (Wildman–Crippen LogP) is 1.62. The molecule has 9 heteroatoms. The number of sulfonamides is 1. The van der Waals surface area contributed by atoms with Gasteiger partial charge < -0.3 is 0 Å². The van der Waals surface area contributed by atoms with Gasteiger partial charge in [0.2, 0.25) is 10.0 Å². The van der Waals surface area contributed by atoms with Crippen LogP contribution in [-0.2, 0) is 22.3 Å². The molecule has 0 amide bonds. The van der Waals surface area contributed by atoms with Gasteiger partial charge in [-0.2, -0.15) is 8.99 Å². The lowest BCUT2D eigenvalue weighted by molar-refractivity contribution is 0.177. The summed E-state index contributed by atoms with van der Waals surface area (Å²) >= 11 is 0. The van der Waals surface area contributed by atoms with Crippen LogP contribution in [0.4, 0.5) is 0 Å². The van der Waals surface area contributed by atoms with Gasteiger partial charge in [-0.1, -0.05) is 48.0 Å². The number of hydrogen-bond donors (Lipinski definition) is 0. The van der Waals surface area contributed by atoms with Crippen molar-refractivity contribution in [2.45, 2.75) is 19.2 Å². The molecule has 0 bridgehead atoms. The maximum Gasteiger partial charge on any atom is 0.218 e. The van der Waals surface area contributed by atoms with E-state index >= 15 is 0 Å². The summed E-state index contributed by atoms with van der Waals surface area (Å²) in [7, 11) is -3.32. The molecule has 0 saturated carbocycles. The Hall–Kier alpha value is -2.62. The van der Waals surface area contributed by atoms with Crippen LogP contribution in [0.25, 0.3) is 5.69 Å². The van der Waals surface area contributed by atoms with E-state index in [9.17, 15) is 8.42 Å². The summed E-state index contributed by atoms with van der Waals surface area (Å²) in [6.07, 6.45) is 0. The summed E-state index contributed by atoms with van der Waals surface area (Å²) in [4.78, 5) is 2.19. The Kier molecular flexibility index (Phi) is 5.70. The highest BCUT2D eigenvalue weighted by Gasteiger charge is 2.27. The van der Waals surface area contributed by atoms with E-state index in [1.165, 1.54) is 5.56 Å². The van der Waals surface area contributed by atoms with Crippen LogP contribution in [0.3, 0.4) is 0 Å². The summed E-state index contributed by atoms with van der Waals surface area (Å²) < 4.78 is 28.7. The lowest BCUT2D eigenvalue weighted by atomic mass is 10.2. The third kappa shape index (κ3) is 4.69. The van der Waals surface area contributed by atoms with Crippen molar-refractivity contribution in [3.63, 3.8) is 0 Å². The molecule has 0 spiro atoms. The average molecular weight is 413 g/mol. The van der Waals surface area contributed by atoms with Crippen LogP contribution in [0.1, 0.15) is 17.0 Å². The number of nitrogens with zero attached hydrogens (tertiary/aromatic N) is 6. The summed E-state index contributed by atoms with van der Waals surface area (Å²) in [6.45, 7) is 4.86. The minimum Gasteiger partial charge on any atom is -0.293 e. The molecule has 1 aromatic heterocycles. The van der Waals surface area contributed by atoms with Crippen molar-refractivity contribution in [1.29, 1.82) is 0 Å². The second-order valence-electron chi connectivity index (χ2n) is 7.26. The number of aryl methyl sites for hydroxylation is 1. The second-order valence-corrected chi connectivity index (χ2v) is 9.23. The first-order valence-corrected chi connectivity index (χ1v) is 11.2. The molecule has 0 aliphatic carbocycles. The Labute approximate surface area is 170 Å². The topological polar surface area (TPSA) is 84.2 Å². The molecule has 1 aliphatic heterocycles. The smallest absolute Gasteiger partial charge is 0.218 e. The molecule has 152 valence electrons. The van der Waals surface area contributed by atoms with Gasteiger partial charge in [-0.05, 0) is 35.0 Å². The van der Waals surface area contributed by atoms with Crippen LogP contribution in [0.5, 0.6) is 0 Å². The first-order valence-electron chi connectivity index (χ1n) is 9.60. The summed E-state index contributed by atoms with van der Waals surface area (Å²) in [5, 5.41) is 12.1. The fourth-order valence-electron chi connectivity index (χ4n) is 3.43. The van der Waals surface area contributed by atoms with Gasteiger partial charge in [0.15, 0.2) is 5.82 Å². The van der Waals surface area contributed by atoms with Gasteiger partial charge in [-0.3, -0.25) is 4.90 Å². The summed E-state index contributed by atoms with van der Waals surface area (Å²) in [5.74, 6) is 0.786. The molecule has 3 aromatic rings. The number of aromatic nitrogens is 4. The number of hydrogen-bond acceptors (Lipinski definition) is 6. The Morgan fingerprint density at radius 3 is 2.31 bits per heavy atom. The lowest BCUT2D eigenvalue weighted by Gasteiger charge is -2.33. The molecule has 4 rings (SSSR count). The third-order valence-corrected chi connectivity index (χ3v) is 6.94. The molecule has 0 unspecified atom stereocenters. The molecule has 1 aliphatic rings. The van der Waals surface area contributed by atoms with Crippen molar-refractivity contribution in [2.75, 3.05) is 26.2 Å². The Balaban J connectivity index is 1.37. The molecule has 29 heavy (non-hydrogen) atoms. The lowest BCUT2D eigenvalue weighted by Crippen LogP contribution is -2.48. The standard InChI is InChI=1S/C20H24N6O2S/c1-17-7-9-19(10-8-17)26-20(21-22-23-26)15-24-11-13-25(14-12-24)29(27,28)16-18-5-3-2-4-6-18/h2-10H,11-16H2,1H3. The van der Waals surface area contributed by atoms with Crippen LogP contribution in [0.2, 0.25) is 0 Å². The zero-order chi connectivity index (χ0) is 20.3. The normalized spacial score (nSPS) is 16.2. The van der Waals surface area contributed by atoms with Gasteiger partial charge >= 0.3 is 0 Å². The monoisotopic (exact) mass is 412 g/mol. The van der Waals surface area contributed by atoms with E-state index in [4.69, 9.17) is 0 Å². The van der Waals surface area contributed by atoms with Crippen molar-refractivity contribution in [2.24, 2.45) is 0 Å². The van der Waals surface area contributed by atoms with E-state index in [1.54, 1.807) is 8.99 Å². The highest BCUT2D eigenvalue weighted by atomic mass is 32.2. The van der Waals surface area contributed by atoms with Gasteiger partial charge in [-0.15, -0.1) is 5.10 Å². The molecule has 0 radical (unpaired) electrons. The Bertz CT molecular complexity index is 1040. The zero-order valence-electron chi connectivity index (χ0n) is 16.3. The third-order valence-electron chi connectivity index (χ3n) is 5.09. The largest absolute Gasteiger partial charge is 0.293 e. The van der Waals surface area contributed by atoms with Gasteiger partial charge in [0, 0.05) is 26.2 Å². The van der Waals surface area contributed by atoms with Crippen molar-refractivity contribution in [3.8, 4) is 5.69 Å². The minimum atomic E-state index is -3.32. The first kappa shape index (κ1) is 19.7. The van der Waals surface area contributed by atoms with Gasteiger partial charge in [0.1, 0.15) is 0 Å². The molecule has 0 N–H and O–H groups in total. The van der Waals surface area contributed by atoms with Crippen molar-refractivity contribution < 1.29 is 8.42 Å². The van der Waals surface area contributed by atoms with Gasteiger partial charge in [-0.25, -0.2) is 8.42 Å². The van der Waals surface area contributed by atoms with Crippen LogP contribution >= 0.6 is 0 Å². The van der Waals surface area contributed by atoms with E-state index in [0.29, 0.717) is 32.7 Å². The van der Waals surface area contributed by atoms with E-state index in [1.807, 2.05) is 61.5 Å². The van der Waals surface area contributed by atoms with E-state index in [2.05, 4.69) is 20.4 Å². The molecule has 1 fully saturated rings. The average Bonchev–Trinajstić information content (AvgIpc) is 3.17. The van der Waals surface area contributed by atoms with Crippen LogP contribution in [-0.4, -0.2) is 64.0 Å². The maximum atomic E-state index is 12.7. The van der Waals surface area contributed by atoms with Crippen LogP contribution in [0, 0.1) is 6.92 Å². The fraction of sp³-hybridized carbons (Fsp3) is 0.350. The quantitative estimate of drug-likeness (QED) is 0.612. The van der Waals surface area contributed by atoms with Crippen molar-refractivity contribution >= 4 is 10.0 Å². The number of tetrazole rings is 1. The maximum absolute atomic E-state index is 12.7. The Morgan fingerprint density at radius 2 is 1.62 bits per heavy atom. The molecule has 0 atom stereocenters. The number of rotatable bonds is 6.